The van der Waals surface area contributed by atoms with Crippen LogP contribution in [0.15, 0.2) is 24.3 Å². The standard InChI is InChI=1S/C16H24FNO2/c1-11(8-13(3)19)10-18-16(20)9-12(2)14-6-4-5-7-15(14)17/h4-7,11-13,19H,8-10H2,1-3H3,(H,18,20). The van der Waals surface area contributed by atoms with Gasteiger partial charge in [-0.2, -0.15) is 0 Å². The smallest absolute Gasteiger partial charge is 0.220 e. The van der Waals surface area contributed by atoms with Crippen molar-refractivity contribution < 1.29 is 14.3 Å². The normalized spacial score (nSPS) is 15.4. The van der Waals surface area contributed by atoms with E-state index in [-0.39, 0.29) is 36.1 Å². The van der Waals surface area contributed by atoms with Crippen LogP contribution in [0.2, 0.25) is 0 Å². The first-order chi connectivity index (χ1) is 9.40. The minimum absolute atomic E-state index is 0.0850. The Hall–Kier alpha value is -1.42. The van der Waals surface area contributed by atoms with Crippen LogP contribution in [-0.2, 0) is 4.79 Å². The van der Waals surface area contributed by atoms with Crippen molar-refractivity contribution in [2.24, 2.45) is 5.92 Å². The highest BCUT2D eigenvalue weighted by atomic mass is 19.1. The molecule has 0 bridgehead atoms. The Bertz CT molecular complexity index is 434. The van der Waals surface area contributed by atoms with E-state index in [0.29, 0.717) is 18.5 Å². The highest BCUT2D eigenvalue weighted by Crippen LogP contribution is 2.21. The second kappa shape index (κ2) is 8.00. The van der Waals surface area contributed by atoms with E-state index in [2.05, 4.69) is 5.32 Å². The summed E-state index contributed by atoms with van der Waals surface area (Å²) in [5.74, 6) is -0.278. The predicted molar refractivity (Wildman–Crippen MR) is 77.9 cm³/mol. The van der Waals surface area contributed by atoms with Gasteiger partial charge in [-0.3, -0.25) is 4.79 Å². The van der Waals surface area contributed by atoms with Crippen molar-refractivity contribution in [3.63, 3.8) is 0 Å². The van der Waals surface area contributed by atoms with Crippen LogP contribution in [-0.4, -0.2) is 23.7 Å². The Morgan fingerprint density at radius 1 is 1.30 bits per heavy atom. The third-order valence-electron chi connectivity index (χ3n) is 3.32. The number of aliphatic hydroxyl groups excluding tert-OH is 1. The Labute approximate surface area is 120 Å². The van der Waals surface area contributed by atoms with Gasteiger partial charge >= 0.3 is 0 Å². The van der Waals surface area contributed by atoms with Gasteiger partial charge in [-0.15, -0.1) is 0 Å². The molecule has 4 heteroatoms. The maximum Gasteiger partial charge on any atom is 0.220 e. The van der Waals surface area contributed by atoms with Crippen molar-refractivity contribution in [1.29, 1.82) is 0 Å². The van der Waals surface area contributed by atoms with Crippen LogP contribution in [0, 0.1) is 11.7 Å². The van der Waals surface area contributed by atoms with Crippen LogP contribution < -0.4 is 5.32 Å². The van der Waals surface area contributed by atoms with Gasteiger partial charge in [-0.05, 0) is 36.8 Å². The Kier molecular flexibility index (Phi) is 6.65. The van der Waals surface area contributed by atoms with Crippen molar-refractivity contribution in [2.75, 3.05) is 6.54 Å². The van der Waals surface area contributed by atoms with Gasteiger partial charge < -0.3 is 10.4 Å². The molecule has 0 spiro atoms. The van der Waals surface area contributed by atoms with Gasteiger partial charge in [0.15, 0.2) is 0 Å². The van der Waals surface area contributed by atoms with Crippen LogP contribution in [0.4, 0.5) is 4.39 Å². The molecule has 1 aromatic rings. The summed E-state index contributed by atoms with van der Waals surface area (Å²) in [5.41, 5.74) is 0.569. The first-order valence-electron chi connectivity index (χ1n) is 7.09. The number of carbonyl (C=O) groups excluding carboxylic acids is 1. The summed E-state index contributed by atoms with van der Waals surface area (Å²) in [6.07, 6.45) is 0.560. The molecule has 112 valence electrons. The molecule has 1 rings (SSSR count). The molecule has 0 aliphatic carbocycles. The van der Waals surface area contributed by atoms with Crippen LogP contribution in [0.25, 0.3) is 0 Å². The van der Waals surface area contributed by atoms with Crippen molar-refractivity contribution in [3.8, 4) is 0 Å². The van der Waals surface area contributed by atoms with Crippen molar-refractivity contribution >= 4 is 5.91 Å². The van der Waals surface area contributed by atoms with Gasteiger partial charge in [0.2, 0.25) is 5.91 Å². The van der Waals surface area contributed by atoms with E-state index in [4.69, 9.17) is 0 Å². The molecule has 0 saturated carbocycles. The van der Waals surface area contributed by atoms with E-state index in [1.165, 1.54) is 6.07 Å². The molecule has 3 unspecified atom stereocenters. The number of carbonyl (C=O) groups is 1. The first kappa shape index (κ1) is 16.6. The number of benzene rings is 1. The molecule has 0 aliphatic rings. The largest absolute Gasteiger partial charge is 0.393 e. The molecule has 1 aromatic carbocycles. The maximum atomic E-state index is 13.6. The Morgan fingerprint density at radius 2 is 1.95 bits per heavy atom. The summed E-state index contributed by atoms with van der Waals surface area (Å²) in [4.78, 5) is 11.8. The summed E-state index contributed by atoms with van der Waals surface area (Å²) in [6, 6.07) is 6.54. The lowest BCUT2D eigenvalue weighted by Gasteiger charge is -2.16. The lowest BCUT2D eigenvalue weighted by molar-refractivity contribution is -0.121. The SMILES string of the molecule is CC(O)CC(C)CNC(=O)CC(C)c1ccccc1F. The molecule has 0 aromatic heterocycles. The zero-order chi connectivity index (χ0) is 15.1. The molecule has 0 saturated heterocycles. The molecule has 0 fully saturated rings. The second-order valence-electron chi connectivity index (χ2n) is 5.62. The van der Waals surface area contributed by atoms with E-state index in [9.17, 15) is 14.3 Å². The van der Waals surface area contributed by atoms with E-state index in [1.807, 2.05) is 13.8 Å². The number of aliphatic hydroxyl groups is 1. The molecule has 2 N–H and O–H groups in total. The Morgan fingerprint density at radius 3 is 2.55 bits per heavy atom. The summed E-state index contributed by atoms with van der Waals surface area (Å²) >= 11 is 0. The number of hydrogen-bond donors (Lipinski definition) is 2. The fourth-order valence-corrected chi connectivity index (χ4v) is 2.29. The summed E-state index contributed by atoms with van der Waals surface area (Å²) in [5, 5.41) is 12.1. The quantitative estimate of drug-likeness (QED) is 0.807. The number of halogens is 1. The summed E-state index contributed by atoms with van der Waals surface area (Å²) in [6.45, 7) is 6.09. The fraction of sp³-hybridized carbons (Fsp3) is 0.562. The number of nitrogens with one attached hydrogen (secondary N) is 1. The molecule has 3 atom stereocenters. The van der Waals surface area contributed by atoms with E-state index in [1.54, 1.807) is 25.1 Å². The molecule has 0 heterocycles. The minimum atomic E-state index is -0.362. The fourth-order valence-electron chi connectivity index (χ4n) is 2.29. The van der Waals surface area contributed by atoms with Crippen LogP contribution >= 0.6 is 0 Å². The van der Waals surface area contributed by atoms with E-state index >= 15 is 0 Å². The van der Waals surface area contributed by atoms with E-state index in [0.717, 1.165) is 0 Å². The van der Waals surface area contributed by atoms with Crippen LogP contribution in [0.1, 0.15) is 45.1 Å². The van der Waals surface area contributed by atoms with Crippen molar-refractivity contribution in [2.45, 2.75) is 45.6 Å². The topological polar surface area (TPSA) is 49.3 Å². The number of amides is 1. The lowest BCUT2D eigenvalue weighted by Crippen LogP contribution is -2.30. The number of hydrogen-bond acceptors (Lipinski definition) is 2. The van der Waals surface area contributed by atoms with E-state index < -0.39 is 0 Å². The highest BCUT2D eigenvalue weighted by molar-refractivity contribution is 5.76. The molecular formula is C16H24FNO2. The molecule has 20 heavy (non-hydrogen) atoms. The molecular weight excluding hydrogens is 257 g/mol. The number of rotatable bonds is 7. The van der Waals surface area contributed by atoms with Gasteiger partial charge in [0.25, 0.3) is 0 Å². The molecule has 0 aliphatic heterocycles. The highest BCUT2D eigenvalue weighted by Gasteiger charge is 2.15. The average Bonchev–Trinajstić information content (AvgIpc) is 2.36. The predicted octanol–water partition coefficient (Wildman–Crippen LogP) is 2.84. The van der Waals surface area contributed by atoms with Gasteiger partial charge in [0.1, 0.15) is 5.82 Å². The third-order valence-corrected chi connectivity index (χ3v) is 3.32. The summed E-state index contributed by atoms with van der Waals surface area (Å²) in [7, 11) is 0. The average molecular weight is 281 g/mol. The maximum absolute atomic E-state index is 13.6. The first-order valence-corrected chi connectivity index (χ1v) is 7.09. The van der Waals surface area contributed by atoms with Gasteiger partial charge in [-0.1, -0.05) is 32.0 Å². The monoisotopic (exact) mass is 281 g/mol. The van der Waals surface area contributed by atoms with Crippen molar-refractivity contribution in [3.05, 3.63) is 35.6 Å². The molecule has 3 nitrogen and oxygen atoms in total. The lowest BCUT2D eigenvalue weighted by atomic mass is 9.96. The van der Waals surface area contributed by atoms with Gasteiger partial charge in [-0.25, -0.2) is 4.39 Å². The van der Waals surface area contributed by atoms with Crippen LogP contribution in [0.3, 0.4) is 0 Å². The second-order valence-corrected chi connectivity index (χ2v) is 5.62. The Balaban J connectivity index is 2.41. The molecule has 1 amide bonds. The zero-order valence-electron chi connectivity index (χ0n) is 12.4. The molecule has 0 radical (unpaired) electrons. The zero-order valence-corrected chi connectivity index (χ0v) is 12.4. The van der Waals surface area contributed by atoms with Gasteiger partial charge in [0, 0.05) is 13.0 Å². The minimum Gasteiger partial charge on any atom is -0.393 e. The van der Waals surface area contributed by atoms with Gasteiger partial charge in [0.05, 0.1) is 6.10 Å². The van der Waals surface area contributed by atoms with Crippen LogP contribution in [0.5, 0.6) is 0 Å². The van der Waals surface area contributed by atoms with Crippen molar-refractivity contribution in [1.82, 2.24) is 5.32 Å². The summed E-state index contributed by atoms with van der Waals surface area (Å²) < 4.78 is 13.6. The third kappa shape index (κ3) is 5.70.